The van der Waals surface area contributed by atoms with Crippen molar-refractivity contribution in [3.05, 3.63) is 17.5 Å². The van der Waals surface area contributed by atoms with Crippen LogP contribution in [0.4, 0.5) is 0 Å². The molecule has 0 aliphatic rings. The zero-order valence-electron chi connectivity index (χ0n) is 5.56. The molecule has 0 bridgehead atoms. The van der Waals surface area contributed by atoms with E-state index in [0.717, 1.165) is 4.43 Å². The first-order valence-electron chi connectivity index (χ1n) is 2.79. The summed E-state index contributed by atoms with van der Waals surface area (Å²) in [5, 5.41) is 4.10. The van der Waals surface area contributed by atoms with Crippen LogP contribution in [0.2, 0.25) is 0 Å². The Labute approximate surface area is 68.4 Å². The highest BCUT2D eigenvalue weighted by Gasteiger charge is 1.99. The van der Waals surface area contributed by atoms with Gasteiger partial charge in [0.15, 0.2) is 0 Å². The van der Waals surface area contributed by atoms with E-state index in [2.05, 4.69) is 34.6 Å². The van der Waals surface area contributed by atoms with Crippen molar-refractivity contribution in [3.63, 3.8) is 0 Å². The van der Waals surface area contributed by atoms with Crippen LogP contribution in [-0.2, 0) is 11.5 Å². The first-order valence-corrected chi connectivity index (χ1v) is 4.31. The predicted octanol–water partition coefficient (Wildman–Crippen LogP) is 1.66. The topological polar surface area (TPSA) is 17.8 Å². The summed E-state index contributed by atoms with van der Waals surface area (Å²) in [7, 11) is 1.97. The lowest BCUT2D eigenvalue weighted by atomic mass is 10.3. The van der Waals surface area contributed by atoms with Crippen molar-refractivity contribution in [2.24, 2.45) is 7.05 Å². The molecule has 0 fully saturated rings. The Bertz CT molecular complexity index is 185. The van der Waals surface area contributed by atoms with Gasteiger partial charge in [-0.25, -0.2) is 0 Å². The van der Waals surface area contributed by atoms with Gasteiger partial charge in [-0.15, -0.1) is 0 Å². The van der Waals surface area contributed by atoms with Crippen molar-refractivity contribution in [2.75, 3.05) is 0 Å². The largest absolute Gasteiger partial charge is 0.272 e. The maximum absolute atomic E-state index is 4.10. The van der Waals surface area contributed by atoms with Gasteiger partial charge in [0.2, 0.25) is 0 Å². The molecule has 1 aromatic rings. The molecule has 0 unspecified atom stereocenters. The van der Waals surface area contributed by atoms with Gasteiger partial charge < -0.3 is 0 Å². The second kappa shape index (κ2) is 2.68. The standard InChI is InChI=1S/C6H9IN2/c1-5-4-8-9(2)6(5)3-7/h4H,3H2,1-2H3. The van der Waals surface area contributed by atoms with Gasteiger partial charge in [0, 0.05) is 11.5 Å². The van der Waals surface area contributed by atoms with Gasteiger partial charge in [-0.3, -0.25) is 4.68 Å². The van der Waals surface area contributed by atoms with Gasteiger partial charge in [0.05, 0.1) is 11.9 Å². The molecular weight excluding hydrogens is 227 g/mol. The van der Waals surface area contributed by atoms with Crippen molar-refractivity contribution < 1.29 is 0 Å². The number of rotatable bonds is 1. The van der Waals surface area contributed by atoms with Gasteiger partial charge in [-0.1, -0.05) is 22.6 Å². The first kappa shape index (κ1) is 7.05. The molecule has 1 heterocycles. The molecule has 0 saturated carbocycles. The van der Waals surface area contributed by atoms with E-state index in [-0.39, 0.29) is 0 Å². The van der Waals surface area contributed by atoms with E-state index in [9.17, 15) is 0 Å². The number of aromatic nitrogens is 2. The molecule has 1 rings (SSSR count). The number of alkyl halides is 1. The summed E-state index contributed by atoms with van der Waals surface area (Å²) in [6.45, 7) is 2.08. The van der Waals surface area contributed by atoms with Crippen molar-refractivity contribution >= 4 is 22.6 Å². The highest BCUT2D eigenvalue weighted by molar-refractivity contribution is 14.1. The number of aryl methyl sites for hydroxylation is 2. The lowest BCUT2D eigenvalue weighted by molar-refractivity contribution is 0.737. The second-order valence-electron chi connectivity index (χ2n) is 2.03. The quantitative estimate of drug-likeness (QED) is 0.535. The van der Waals surface area contributed by atoms with Crippen LogP contribution in [0.5, 0.6) is 0 Å². The van der Waals surface area contributed by atoms with Crippen LogP contribution in [0.1, 0.15) is 11.3 Å². The third-order valence-electron chi connectivity index (χ3n) is 1.40. The molecular formula is C6H9IN2. The normalized spacial score (nSPS) is 10.1. The number of nitrogens with zero attached hydrogens (tertiary/aromatic N) is 2. The van der Waals surface area contributed by atoms with Crippen LogP contribution in [0.3, 0.4) is 0 Å². The van der Waals surface area contributed by atoms with Crippen molar-refractivity contribution in [1.29, 1.82) is 0 Å². The molecule has 1 aromatic heterocycles. The third-order valence-corrected chi connectivity index (χ3v) is 2.12. The summed E-state index contributed by atoms with van der Waals surface area (Å²) < 4.78 is 2.96. The summed E-state index contributed by atoms with van der Waals surface area (Å²) in [5.41, 5.74) is 2.60. The Morgan fingerprint density at radius 3 is 2.67 bits per heavy atom. The summed E-state index contributed by atoms with van der Waals surface area (Å²) in [4.78, 5) is 0. The van der Waals surface area contributed by atoms with E-state index in [1.807, 2.05) is 17.9 Å². The molecule has 0 radical (unpaired) electrons. The van der Waals surface area contributed by atoms with E-state index in [1.54, 1.807) is 0 Å². The van der Waals surface area contributed by atoms with E-state index in [0.29, 0.717) is 0 Å². The first-order chi connectivity index (χ1) is 4.25. The van der Waals surface area contributed by atoms with Gasteiger partial charge in [-0.2, -0.15) is 5.10 Å². The van der Waals surface area contributed by atoms with Crippen LogP contribution in [0, 0.1) is 6.92 Å². The van der Waals surface area contributed by atoms with Gasteiger partial charge in [0.1, 0.15) is 0 Å². The maximum Gasteiger partial charge on any atom is 0.0522 e. The molecule has 0 saturated heterocycles. The van der Waals surface area contributed by atoms with Crippen LogP contribution < -0.4 is 0 Å². The lowest BCUT2D eigenvalue weighted by Gasteiger charge is -1.95. The molecule has 9 heavy (non-hydrogen) atoms. The van der Waals surface area contributed by atoms with Crippen LogP contribution in [0.25, 0.3) is 0 Å². The van der Waals surface area contributed by atoms with Crippen LogP contribution >= 0.6 is 22.6 Å². The minimum atomic E-state index is 1.04. The maximum atomic E-state index is 4.10. The average Bonchev–Trinajstić information content (AvgIpc) is 2.12. The van der Waals surface area contributed by atoms with Crippen molar-refractivity contribution in [2.45, 2.75) is 11.4 Å². The Hall–Kier alpha value is -0.0600. The highest BCUT2D eigenvalue weighted by atomic mass is 127. The molecule has 0 spiro atoms. The summed E-state index contributed by atoms with van der Waals surface area (Å²) in [5.74, 6) is 0. The monoisotopic (exact) mass is 236 g/mol. The summed E-state index contributed by atoms with van der Waals surface area (Å²) in [6, 6.07) is 0. The molecule has 3 heteroatoms. The molecule has 0 atom stereocenters. The van der Waals surface area contributed by atoms with E-state index >= 15 is 0 Å². The lowest BCUT2D eigenvalue weighted by Crippen LogP contribution is -1.95. The SMILES string of the molecule is Cc1cnn(C)c1CI. The molecule has 2 nitrogen and oxygen atoms in total. The zero-order valence-corrected chi connectivity index (χ0v) is 7.71. The number of hydrogen-bond donors (Lipinski definition) is 0. The third kappa shape index (κ3) is 1.26. The molecule has 0 aromatic carbocycles. The molecule has 0 amide bonds. The number of hydrogen-bond acceptors (Lipinski definition) is 1. The van der Waals surface area contributed by atoms with Gasteiger partial charge in [-0.05, 0) is 12.5 Å². The number of halogens is 1. The smallest absolute Gasteiger partial charge is 0.0522 e. The summed E-state index contributed by atoms with van der Waals surface area (Å²) >= 11 is 2.34. The van der Waals surface area contributed by atoms with Crippen molar-refractivity contribution in [3.8, 4) is 0 Å². The second-order valence-corrected chi connectivity index (χ2v) is 2.79. The molecule has 0 N–H and O–H groups in total. The summed E-state index contributed by atoms with van der Waals surface area (Å²) in [6.07, 6.45) is 1.90. The Morgan fingerprint density at radius 2 is 2.44 bits per heavy atom. The molecule has 0 aliphatic carbocycles. The highest BCUT2D eigenvalue weighted by Crippen LogP contribution is 2.09. The van der Waals surface area contributed by atoms with Crippen LogP contribution in [-0.4, -0.2) is 9.78 Å². The van der Waals surface area contributed by atoms with Crippen LogP contribution in [0.15, 0.2) is 6.20 Å². The van der Waals surface area contributed by atoms with E-state index in [1.165, 1.54) is 11.3 Å². The predicted molar refractivity (Wildman–Crippen MR) is 45.7 cm³/mol. The average molecular weight is 236 g/mol. The fraction of sp³-hybridized carbons (Fsp3) is 0.500. The Balaban J connectivity index is 3.07. The fourth-order valence-corrected chi connectivity index (χ4v) is 1.86. The van der Waals surface area contributed by atoms with Gasteiger partial charge in [0.25, 0.3) is 0 Å². The van der Waals surface area contributed by atoms with E-state index in [4.69, 9.17) is 0 Å². The fourth-order valence-electron chi connectivity index (χ4n) is 0.765. The van der Waals surface area contributed by atoms with Gasteiger partial charge >= 0.3 is 0 Å². The molecule has 50 valence electrons. The molecule has 0 aliphatic heterocycles. The minimum Gasteiger partial charge on any atom is -0.272 e. The van der Waals surface area contributed by atoms with E-state index < -0.39 is 0 Å². The minimum absolute atomic E-state index is 1.04. The Kier molecular flexibility index (Phi) is 2.10. The zero-order chi connectivity index (χ0) is 6.85. The Morgan fingerprint density at radius 1 is 1.78 bits per heavy atom. The van der Waals surface area contributed by atoms with Crippen molar-refractivity contribution in [1.82, 2.24) is 9.78 Å².